The third kappa shape index (κ3) is 4.38. The van der Waals surface area contributed by atoms with Gasteiger partial charge in [0, 0.05) is 5.56 Å². The van der Waals surface area contributed by atoms with Crippen molar-refractivity contribution in [2.45, 2.75) is 17.9 Å². The van der Waals surface area contributed by atoms with Gasteiger partial charge in [-0.3, -0.25) is 0 Å². The highest BCUT2D eigenvalue weighted by atomic mass is 32.2. The maximum atomic E-state index is 12.6. The molecule has 0 aliphatic heterocycles. The summed E-state index contributed by atoms with van der Waals surface area (Å²) in [5.74, 6) is 6.36. The molecular weight excluding hydrogens is 334 g/mol. The molecule has 5 heteroatoms. The van der Waals surface area contributed by atoms with Gasteiger partial charge >= 0.3 is 0 Å². The highest BCUT2D eigenvalue weighted by Crippen LogP contribution is 2.18. The molecule has 1 N–H and O–H groups in total. The van der Waals surface area contributed by atoms with Crippen LogP contribution in [0.15, 0.2) is 82.3 Å². The standard InChI is InChI=1S/C20H17NO3S/c1-16-9-12-18(13-10-16)25(22,23)21-19(20-8-5-15-24-20)14-11-17-6-3-2-4-7-17/h2-10,12-13,15,19,21H,1H3. The maximum absolute atomic E-state index is 12.6. The fourth-order valence-electron chi connectivity index (χ4n) is 2.23. The Balaban J connectivity index is 1.91. The van der Waals surface area contributed by atoms with E-state index < -0.39 is 16.1 Å². The zero-order valence-electron chi connectivity index (χ0n) is 13.6. The third-order valence-electron chi connectivity index (χ3n) is 3.57. The Morgan fingerprint density at radius 2 is 1.68 bits per heavy atom. The number of nitrogens with one attached hydrogen (secondary N) is 1. The van der Waals surface area contributed by atoms with E-state index in [1.807, 2.05) is 37.3 Å². The van der Waals surface area contributed by atoms with Gasteiger partial charge in [0.05, 0.1) is 11.2 Å². The molecule has 1 heterocycles. The molecule has 0 saturated heterocycles. The molecule has 3 rings (SSSR count). The van der Waals surface area contributed by atoms with Crippen LogP contribution in [-0.4, -0.2) is 8.42 Å². The first-order chi connectivity index (χ1) is 12.0. The van der Waals surface area contributed by atoms with Crippen molar-refractivity contribution in [3.63, 3.8) is 0 Å². The van der Waals surface area contributed by atoms with E-state index in [0.29, 0.717) is 5.76 Å². The van der Waals surface area contributed by atoms with Crippen LogP contribution in [0, 0.1) is 18.8 Å². The highest BCUT2D eigenvalue weighted by molar-refractivity contribution is 7.89. The molecule has 1 aromatic heterocycles. The van der Waals surface area contributed by atoms with E-state index in [-0.39, 0.29) is 4.90 Å². The molecule has 0 fully saturated rings. The fourth-order valence-corrected chi connectivity index (χ4v) is 3.35. The summed E-state index contributed by atoms with van der Waals surface area (Å²) < 4.78 is 33.2. The quantitative estimate of drug-likeness (QED) is 0.730. The Hall–Kier alpha value is -2.81. The van der Waals surface area contributed by atoms with E-state index in [4.69, 9.17) is 4.42 Å². The van der Waals surface area contributed by atoms with E-state index in [1.54, 1.807) is 36.4 Å². The summed E-state index contributed by atoms with van der Waals surface area (Å²) in [6, 6.07) is 18.7. The summed E-state index contributed by atoms with van der Waals surface area (Å²) in [6.07, 6.45) is 1.49. The minimum Gasteiger partial charge on any atom is -0.467 e. The molecule has 1 unspecified atom stereocenters. The molecular formula is C20H17NO3S. The Labute approximate surface area is 147 Å². The molecule has 0 amide bonds. The Morgan fingerprint density at radius 1 is 0.960 bits per heavy atom. The lowest BCUT2D eigenvalue weighted by atomic mass is 10.2. The number of hydrogen-bond donors (Lipinski definition) is 1. The summed E-state index contributed by atoms with van der Waals surface area (Å²) >= 11 is 0. The van der Waals surface area contributed by atoms with Gasteiger partial charge in [-0.1, -0.05) is 47.7 Å². The van der Waals surface area contributed by atoms with Gasteiger partial charge in [0.15, 0.2) is 0 Å². The smallest absolute Gasteiger partial charge is 0.242 e. The van der Waals surface area contributed by atoms with Gasteiger partial charge in [0.1, 0.15) is 11.8 Å². The largest absolute Gasteiger partial charge is 0.467 e. The molecule has 126 valence electrons. The van der Waals surface area contributed by atoms with Crippen LogP contribution in [0.25, 0.3) is 0 Å². The average molecular weight is 351 g/mol. The van der Waals surface area contributed by atoms with Gasteiger partial charge in [-0.05, 0) is 43.3 Å². The Kier molecular flexibility index (Phi) is 5.03. The van der Waals surface area contributed by atoms with Crippen molar-refractivity contribution in [3.05, 3.63) is 89.9 Å². The molecule has 0 radical (unpaired) electrons. The molecule has 0 saturated carbocycles. The summed E-state index contributed by atoms with van der Waals surface area (Å²) in [6.45, 7) is 1.90. The van der Waals surface area contributed by atoms with Crippen LogP contribution in [0.4, 0.5) is 0 Å². The highest BCUT2D eigenvalue weighted by Gasteiger charge is 2.21. The van der Waals surface area contributed by atoms with Crippen LogP contribution in [0.2, 0.25) is 0 Å². The molecule has 0 aliphatic rings. The zero-order chi connectivity index (χ0) is 17.7. The van der Waals surface area contributed by atoms with Crippen molar-refractivity contribution in [2.75, 3.05) is 0 Å². The molecule has 3 aromatic rings. The number of hydrogen-bond acceptors (Lipinski definition) is 3. The predicted molar refractivity (Wildman–Crippen MR) is 96.3 cm³/mol. The third-order valence-corrected chi connectivity index (χ3v) is 5.01. The number of rotatable bonds is 4. The monoisotopic (exact) mass is 351 g/mol. The lowest BCUT2D eigenvalue weighted by Crippen LogP contribution is -2.27. The summed E-state index contributed by atoms with van der Waals surface area (Å²) in [7, 11) is -3.72. The van der Waals surface area contributed by atoms with Crippen LogP contribution in [0.3, 0.4) is 0 Å². The summed E-state index contributed by atoms with van der Waals surface area (Å²) in [4.78, 5) is 0.191. The number of furan rings is 1. The van der Waals surface area contributed by atoms with Gasteiger partial charge < -0.3 is 4.42 Å². The molecule has 4 nitrogen and oxygen atoms in total. The van der Waals surface area contributed by atoms with Crippen molar-refractivity contribution in [1.29, 1.82) is 0 Å². The Morgan fingerprint density at radius 3 is 2.32 bits per heavy atom. The van der Waals surface area contributed by atoms with Crippen molar-refractivity contribution in [1.82, 2.24) is 4.72 Å². The van der Waals surface area contributed by atoms with Crippen LogP contribution in [-0.2, 0) is 10.0 Å². The first kappa shape index (κ1) is 17.0. The first-order valence-electron chi connectivity index (χ1n) is 7.73. The van der Waals surface area contributed by atoms with Crippen LogP contribution >= 0.6 is 0 Å². The number of sulfonamides is 1. The second kappa shape index (κ2) is 7.39. The molecule has 0 aliphatic carbocycles. The van der Waals surface area contributed by atoms with E-state index in [1.165, 1.54) is 6.26 Å². The minimum absolute atomic E-state index is 0.191. The van der Waals surface area contributed by atoms with E-state index >= 15 is 0 Å². The lowest BCUT2D eigenvalue weighted by molar-refractivity contribution is 0.481. The fraction of sp³-hybridized carbons (Fsp3) is 0.100. The normalized spacial score (nSPS) is 12.2. The van der Waals surface area contributed by atoms with E-state index in [9.17, 15) is 8.42 Å². The van der Waals surface area contributed by atoms with Crippen LogP contribution in [0.5, 0.6) is 0 Å². The van der Waals surface area contributed by atoms with Crippen molar-refractivity contribution < 1.29 is 12.8 Å². The minimum atomic E-state index is -3.72. The topological polar surface area (TPSA) is 59.3 Å². The SMILES string of the molecule is Cc1ccc(S(=O)(=O)NC(C#Cc2ccccc2)c2ccco2)cc1. The van der Waals surface area contributed by atoms with E-state index in [0.717, 1.165) is 11.1 Å². The molecule has 0 spiro atoms. The van der Waals surface area contributed by atoms with Crippen molar-refractivity contribution >= 4 is 10.0 Å². The van der Waals surface area contributed by atoms with Gasteiger partial charge in [-0.2, -0.15) is 4.72 Å². The second-order valence-electron chi connectivity index (χ2n) is 5.52. The summed E-state index contributed by atoms with van der Waals surface area (Å²) in [5, 5.41) is 0. The van der Waals surface area contributed by atoms with E-state index in [2.05, 4.69) is 16.6 Å². The van der Waals surface area contributed by atoms with Crippen molar-refractivity contribution in [2.24, 2.45) is 0 Å². The average Bonchev–Trinajstić information content (AvgIpc) is 3.14. The number of benzene rings is 2. The second-order valence-corrected chi connectivity index (χ2v) is 7.23. The molecule has 25 heavy (non-hydrogen) atoms. The lowest BCUT2D eigenvalue weighted by Gasteiger charge is -2.12. The zero-order valence-corrected chi connectivity index (χ0v) is 14.5. The van der Waals surface area contributed by atoms with Gasteiger partial charge in [-0.15, -0.1) is 0 Å². The van der Waals surface area contributed by atoms with Crippen LogP contribution < -0.4 is 4.72 Å². The first-order valence-corrected chi connectivity index (χ1v) is 9.22. The van der Waals surface area contributed by atoms with Crippen molar-refractivity contribution in [3.8, 4) is 11.8 Å². The molecule has 0 bridgehead atoms. The maximum Gasteiger partial charge on any atom is 0.242 e. The van der Waals surface area contributed by atoms with Gasteiger partial charge in [-0.25, -0.2) is 8.42 Å². The molecule has 2 aromatic carbocycles. The molecule has 1 atom stereocenters. The van der Waals surface area contributed by atoms with Gasteiger partial charge in [0.25, 0.3) is 0 Å². The van der Waals surface area contributed by atoms with Gasteiger partial charge in [0.2, 0.25) is 10.0 Å². The number of aryl methyl sites for hydroxylation is 1. The van der Waals surface area contributed by atoms with Crippen LogP contribution in [0.1, 0.15) is 22.9 Å². The summed E-state index contributed by atoms with van der Waals surface area (Å²) in [5.41, 5.74) is 1.79. The predicted octanol–water partition coefficient (Wildman–Crippen LogP) is 3.66. The Bertz CT molecular complexity index is 981.